The number of rotatable bonds is 13. The molecule has 1 aliphatic carbocycles. The number of ether oxygens (including phenoxy) is 1. The zero-order valence-corrected chi connectivity index (χ0v) is 22.5. The first-order valence-corrected chi connectivity index (χ1v) is 14.3. The highest BCUT2D eigenvalue weighted by Gasteiger charge is 2.20. The van der Waals surface area contributed by atoms with Crippen LogP contribution in [0.15, 0.2) is 66.7 Å². The van der Waals surface area contributed by atoms with Crippen molar-refractivity contribution in [2.45, 2.75) is 38.8 Å². The van der Waals surface area contributed by atoms with E-state index in [0.717, 1.165) is 71.2 Å². The Morgan fingerprint density at radius 3 is 2.53 bits per heavy atom. The summed E-state index contributed by atoms with van der Waals surface area (Å²) in [5.74, 6) is 0.888. The fourth-order valence-corrected chi connectivity index (χ4v) is 5.21. The van der Waals surface area contributed by atoms with Crippen molar-refractivity contribution in [1.82, 2.24) is 20.4 Å². The molecule has 2 aliphatic rings. The van der Waals surface area contributed by atoms with Gasteiger partial charge in [-0.2, -0.15) is 0 Å². The highest BCUT2D eigenvalue weighted by molar-refractivity contribution is 5.85. The Kier molecular flexibility index (Phi) is 9.64. The molecule has 202 valence electrons. The molecule has 38 heavy (non-hydrogen) atoms. The van der Waals surface area contributed by atoms with Gasteiger partial charge in [0, 0.05) is 45.8 Å². The predicted molar refractivity (Wildman–Crippen MR) is 154 cm³/mol. The van der Waals surface area contributed by atoms with Crippen molar-refractivity contribution in [2.75, 3.05) is 52.5 Å². The van der Waals surface area contributed by atoms with Gasteiger partial charge in [0.1, 0.15) is 0 Å². The highest BCUT2D eigenvalue weighted by atomic mass is 16.5. The summed E-state index contributed by atoms with van der Waals surface area (Å²) in [5, 5.41) is 9.27. The molecule has 1 saturated carbocycles. The minimum atomic E-state index is 0.0161. The lowest BCUT2D eigenvalue weighted by Crippen LogP contribution is -2.42. The fourth-order valence-electron chi connectivity index (χ4n) is 5.21. The average Bonchev–Trinajstić information content (AvgIpc) is 3.78. The monoisotopic (exact) mass is 514 g/mol. The lowest BCUT2D eigenvalue weighted by Gasteiger charge is -2.28. The summed E-state index contributed by atoms with van der Waals surface area (Å²) in [7, 11) is 0. The lowest BCUT2D eigenvalue weighted by molar-refractivity contribution is 0.0364. The molecule has 0 aromatic heterocycles. The molecule has 0 atom stereocenters. The minimum Gasteiger partial charge on any atom is -0.379 e. The van der Waals surface area contributed by atoms with Crippen LogP contribution >= 0.6 is 0 Å². The molecule has 1 heterocycles. The second-order valence-corrected chi connectivity index (χ2v) is 10.7. The standard InChI is InChI=1S/C32H42N4O2/c37-32(34-16-15-30-7-3-6-29-5-1-2-8-31(29)30)36(18-4-17-35-19-21-38-22-20-35)25-28-13-11-27(12-14-28)24-33-23-26-9-10-26/h1-3,5-8,11-14,26,33H,4,9-10,15-25H2,(H,34,37). The zero-order chi connectivity index (χ0) is 26.0. The largest absolute Gasteiger partial charge is 0.379 e. The number of nitrogens with one attached hydrogen (secondary N) is 2. The van der Waals surface area contributed by atoms with Gasteiger partial charge in [-0.15, -0.1) is 0 Å². The van der Waals surface area contributed by atoms with Crippen LogP contribution in [0.4, 0.5) is 4.79 Å². The van der Waals surface area contributed by atoms with Gasteiger partial charge in [-0.3, -0.25) is 4.90 Å². The molecule has 2 N–H and O–H groups in total. The van der Waals surface area contributed by atoms with E-state index < -0.39 is 0 Å². The van der Waals surface area contributed by atoms with Gasteiger partial charge in [0.05, 0.1) is 13.2 Å². The van der Waals surface area contributed by atoms with Gasteiger partial charge < -0.3 is 20.3 Å². The highest BCUT2D eigenvalue weighted by Crippen LogP contribution is 2.27. The van der Waals surface area contributed by atoms with E-state index in [2.05, 4.69) is 82.3 Å². The van der Waals surface area contributed by atoms with Crippen molar-refractivity contribution in [3.05, 3.63) is 83.4 Å². The lowest BCUT2D eigenvalue weighted by atomic mass is 10.0. The molecule has 2 amide bonds. The number of hydrogen-bond donors (Lipinski definition) is 2. The third-order valence-corrected chi connectivity index (χ3v) is 7.70. The Labute approximate surface area is 227 Å². The SMILES string of the molecule is O=C(NCCc1cccc2ccccc12)N(CCCN1CCOCC1)Cc1ccc(CNCC2CC2)cc1. The van der Waals surface area contributed by atoms with Crippen molar-refractivity contribution >= 4 is 16.8 Å². The third-order valence-electron chi connectivity index (χ3n) is 7.70. The van der Waals surface area contributed by atoms with Gasteiger partial charge >= 0.3 is 6.03 Å². The number of nitrogens with zero attached hydrogens (tertiary/aromatic N) is 2. The van der Waals surface area contributed by atoms with Crippen LogP contribution in [-0.4, -0.2) is 68.3 Å². The molecule has 5 rings (SSSR count). The van der Waals surface area contributed by atoms with Crippen molar-refractivity contribution in [1.29, 1.82) is 0 Å². The number of amides is 2. The Bertz CT molecular complexity index is 1150. The maximum Gasteiger partial charge on any atom is 0.317 e. The third kappa shape index (κ3) is 8.03. The van der Waals surface area contributed by atoms with Crippen LogP contribution in [0.2, 0.25) is 0 Å². The molecule has 6 nitrogen and oxygen atoms in total. The van der Waals surface area contributed by atoms with Gasteiger partial charge in [-0.1, -0.05) is 66.7 Å². The van der Waals surface area contributed by atoms with Crippen LogP contribution in [-0.2, 0) is 24.2 Å². The number of hydrogen-bond acceptors (Lipinski definition) is 4. The summed E-state index contributed by atoms with van der Waals surface area (Å²) in [6, 6.07) is 23.6. The van der Waals surface area contributed by atoms with Crippen molar-refractivity contribution < 1.29 is 9.53 Å². The second kappa shape index (κ2) is 13.7. The number of urea groups is 1. The first-order chi connectivity index (χ1) is 18.7. The van der Waals surface area contributed by atoms with Crippen LogP contribution in [0.3, 0.4) is 0 Å². The van der Waals surface area contributed by atoms with E-state index in [9.17, 15) is 4.79 Å². The summed E-state index contributed by atoms with van der Waals surface area (Å²) in [6.45, 7) is 8.59. The van der Waals surface area contributed by atoms with Gasteiger partial charge in [0.25, 0.3) is 0 Å². The van der Waals surface area contributed by atoms with Gasteiger partial charge in [-0.05, 0) is 65.6 Å². The second-order valence-electron chi connectivity index (χ2n) is 10.7. The van der Waals surface area contributed by atoms with Crippen LogP contribution in [0.5, 0.6) is 0 Å². The molecule has 3 aromatic rings. The maximum absolute atomic E-state index is 13.3. The summed E-state index contributed by atoms with van der Waals surface area (Å²) >= 11 is 0. The number of carbonyl (C=O) groups is 1. The van der Waals surface area contributed by atoms with Crippen LogP contribution < -0.4 is 10.6 Å². The number of fused-ring (bicyclic) bond motifs is 1. The normalized spacial score (nSPS) is 16.0. The van der Waals surface area contributed by atoms with E-state index in [4.69, 9.17) is 4.74 Å². The quantitative estimate of drug-likeness (QED) is 0.344. The molecule has 0 radical (unpaired) electrons. The smallest absolute Gasteiger partial charge is 0.317 e. The van der Waals surface area contributed by atoms with Crippen LogP contribution in [0, 0.1) is 5.92 Å². The molecule has 3 aromatic carbocycles. The first-order valence-electron chi connectivity index (χ1n) is 14.3. The molecular weight excluding hydrogens is 472 g/mol. The molecule has 0 spiro atoms. The van der Waals surface area contributed by atoms with Crippen molar-refractivity contribution in [3.63, 3.8) is 0 Å². The Morgan fingerprint density at radius 2 is 1.71 bits per heavy atom. The molecular formula is C32H42N4O2. The van der Waals surface area contributed by atoms with E-state index in [-0.39, 0.29) is 6.03 Å². The molecule has 1 saturated heterocycles. The zero-order valence-electron chi connectivity index (χ0n) is 22.5. The van der Waals surface area contributed by atoms with Crippen molar-refractivity contribution in [2.24, 2.45) is 5.92 Å². The van der Waals surface area contributed by atoms with Gasteiger partial charge in [0.2, 0.25) is 0 Å². The topological polar surface area (TPSA) is 56.8 Å². The van der Waals surface area contributed by atoms with Crippen LogP contribution in [0.1, 0.15) is 36.0 Å². The summed E-state index contributed by atoms with van der Waals surface area (Å²) < 4.78 is 5.48. The molecule has 0 unspecified atom stereocenters. The Morgan fingerprint density at radius 1 is 0.947 bits per heavy atom. The average molecular weight is 515 g/mol. The molecule has 6 heteroatoms. The maximum atomic E-state index is 13.3. The van der Waals surface area contributed by atoms with Crippen LogP contribution in [0.25, 0.3) is 10.8 Å². The minimum absolute atomic E-state index is 0.0161. The summed E-state index contributed by atoms with van der Waals surface area (Å²) in [6.07, 6.45) is 4.52. The number of carbonyl (C=O) groups excluding carboxylic acids is 1. The summed E-state index contributed by atoms with van der Waals surface area (Å²) in [5.41, 5.74) is 3.74. The molecule has 1 aliphatic heterocycles. The Hall–Kier alpha value is -2.93. The predicted octanol–water partition coefficient (Wildman–Crippen LogP) is 4.82. The van der Waals surface area contributed by atoms with Crippen molar-refractivity contribution in [3.8, 4) is 0 Å². The molecule has 2 fully saturated rings. The summed E-state index contributed by atoms with van der Waals surface area (Å²) in [4.78, 5) is 17.7. The number of morpholine rings is 1. The molecule has 0 bridgehead atoms. The van der Waals surface area contributed by atoms with E-state index >= 15 is 0 Å². The number of benzene rings is 3. The van der Waals surface area contributed by atoms with E-state index in [1.165, 1.54) is 40.3 Å². The van der Waals surface area contributed by atoms with Gasteiger partial charge in [-0.25, -0.2) is 4.79 Å². The van der Waals surface area contributed by atoms with E-state index in [1.807, 2.05) is 4.90 Å². The van der Waals surface area contributed by atoms with E-state index in [0.29, 0.717) is 13.1 Å². The fraction of sp³-hybridized carbons (Fsp3) is 0.469. The van der Waals surface area contributed by atoms with E-state index in [1.54, 1.807) is 0 Å². The van der Waals surface area contributed by atoms with Gasteiger partial charge in [0.15, 0.2) is 0 Å². The Balaban J connectivity index is 1.15. The first kappa shape index (κ1) is 26.7.